The lowest BCUT2D eigenvalue weighted by molar-refractivity contribution is -0.131. The van der Waals surface area contributed by atoms with E-state index in [4.69, 9.17) is 4.52 Å². The first kappa shape index (κ1) is 15.2. The average molecular weight is 328 g/mol. The van der Waals surface area contributed by atoms with Crippen LogP contribution >= 0.6 is 0 Å². The Hall–Kier alpha value is -2.32. The summed E-state index contributed by atoms with van der Waals surface area (Å²) in [5.41, 5.74) is 0.441. The van der Waals surface area contributed by atoms with E-state index >= 15 is 0 Å². The number of aromatic nitrogens is 3. The Labute approximate surface area is 139 Å². The van der Waals surface area contributed by atoms with Crippen LogP contribution in [-0.2, 0) is 11.3 Å². The highest BCUT2D eigenvalue weighted by Crippen LogP contribution is 2.38. The number of hydrogen-bond acceptors (Lipinski definition) is 7. The number of amides is 1. The van der Waals surface area contributed by atoms with E-state index in [1.165, 1.54) is 0 Å². The summed E-state index contributed by atoms with van der Waals surface area (Å²) in [5.74, 6) is 1.29. The first-order valence-corrected chi connectivity index (χ1v) is 8.08. The third-order valence-corrected chi connectivity index (χ3v) is 4.94. The van der Waals surface area contributed by atoms with E-state index in [1.54, 1.807) is 12.4 Å². The number of carbonyl (C=O) groups is 1. The summed E-state index contributed by atoms with van der Waals surface area (Å²) in [6.45, 7) is 3.58. The van der Waals surface area contributed by atoms with Gasteiger partial charge in [-0.2, -0.15) is 4.98 Å². The van der Waals surface area contributed by atoms with Crippen molar-refractivity contribution in [2.45, 2.75) is 6.54 Å². The van der Waals surface area contributed by atoms with Crippen LogP contribution in [0.1, 0.15) is 5.89 Å². The van der Waals surface area contributed by atoms with Crippen LogP contribution in [-0.4, -0.2) is 59.2 Å². The fraction of sp³-hybridized carbons (Fsp3) is 0.500. The van der Waals surface area contributed by atoms with Crippen LogP contribution in [0.3, 0.4) is 0 Å². The summed E-state index contributed by atoms with van der Waals surface area (Å²) in [6, 6.07) is 3.68. The van der Waals surface area contributed by atoms with Crippen LogP contribution in [0.25, 0.3) is 11.4 Å². The van der Waals surface area contributed by atoms with Crippen molar-refractivity contribution in [1.82, 2.24) is 30.7 Å². The van der Waals surface area contributed by atoms with Crippen molar-refractivity contribution in [3.8, 4) is 11.4 Å². The lowest BCUT2D eigenvalue weighted by Crippen LogP contribution is -2.46. The standard InChI is InChI=1S/C16H20N6O2/c1-22-8-12-6-18-9-16(12,10-22)15(23)19-7-13-20-14(21-24-13)11-3-2-4-17-5-11/h2-5,12,18H,6-10H2,1H3,(H,19,23)/t12-,16-/m1/s1. The van der Waals surface area contributed by atoms with Gasteiger partial charge < -0.3 is 20.1 Å². The average Bonchev–Trinajstić information content (AvgIpc) is 3.27. The quantitative estimate of drug-likeness (QED) is 0.809. The van der Waals surface area contributed by atoms with Gasteiger partial charge in [-0.05, 0) is 19.2 Å². The minimum Gasteiger partial charge on any atom is -0.346 e. The van der Waals surface area contributed by atoms with Gasteiger partial charge in [0.1, 0.15) is 0 Å². The molecule has 0 aliphatic carbocycles. The highest BCUT2D eigenvalue weighted by Gasteiger charge is 2.53. The van der Waals surface area contributed by atoms with Crippen LogP contribution in [0, 0.1) is 11.3 Å². The van der Waals surface area contributed by atoms with Crippen LogP contribution in [0.5, 0.6) is 0 Å². The maximum Gasteiger partial charge on any atom is 0.246 e. The number of pyridine rings is 1. The molecule has 1 amide bonds. The van der Waals surface area contributed by atoms with Crippen molar-refractivity contribution in [2.24, 2.45) is 11.3 Å². The Kier molecular flexibility index (Phi) is 3.78. The number of nitrogens with one attached hydrogen (secondary N) is 2. The molecule has 0 aromatic carbocycles. The fourth-order valence-electron chi connectivity index (χ4n) is 3.76. The molecular formula is C16H20N6O2. The molecule has 2 fully saturated rings. The lowest BCUT2D eigenvalue weighted by atomic mass is 9.80. The molecule has 8 nitrogen and oxygen atoms in total. The number of likely N-dealkylation sites (tertiary alicyclic amines) is 1. The molecule has 0 bridgehead atoms. The van der Waals surface area contributed by atoms with Crippen LogP contribution < -0.4 is 10.6 Å². The zero-order valence-electron chi connectivity index (χ0n) is 13.5. The van der Waals surface area contributed by atoms with Gasteiger partial charge in [0.15, 0.2) is 0 Å². The minimum absolute atomic E-state index is 0.0583. The molecule has 2 aromatic heterocycles. The summed E-state index contributed by atoms with van der Waals surface area (Å²) < 4.78 is 5.23. The van der Waals surface area contributed by atoms with E-state index in [9.17, 15) is 4.79 Å². The summed E-state index contributed by atoms with van der Waals surface area (Å²) in [7, 11) is 2.06. The Morgan fingerprint density at radius 3 is 3.33 bits per heavy atom. The predicted octanol–water partition coefficient (Wildman–Crippen LogP) is -0.101. The third-order valence-electron chi connectivity index (χ3n) is 4.94. The van der Waals surface area contributed by atoms with Gasteiger partial charge >= 0.3 is 0 Å². The first-order valence-electron chi connectivity index (χ1n) is 8.08. The largest absolute Gasteiger partial charge is 0.346 e. The second kappa shape index (κ2) is 5.95. The molecule has 8 heteroatoms. The number of nitrogens with zero attached hydrogens (tertiary/aromatic N) is 4. The Bertz CT molecular complexity index is 733. The van der Waals surface area contributed by atoms with E-state index in [1.807, 2.05) is 12.1 Å². The Balaban J connectivity index is 1.42. The molecule has 0 unspecified atom stereocenters. The molecule has 4 heterocycles. The van der Waals surface area contributed by atoms with Crippen molar-refractivity contribution in [2.75, 3.05) is 33.2 Å². The van der Waals surface area contributed by atoms with E-state index in [0.29, 0.717) is 17.6 Å². The highest BCUT2D eigenvalue weighted by molar-refractivity contribution is 5.84. The fourth-order valence-corrected chi connectivity index (χ4v) is 3.76. The topological polar surface area (TPSA) is 96.2 Å². The SMILES string of the molecule is CN1C[C@H]2CNC[C@@]2(C(=O)NCc2nc(-c3cccnc3)no2)C1. The molecule has 4 rings (SSSR count). The van der Waals surface area contributed by atoms with E-state index in [2.05, 4.69) is 37.7 Å². The smallest absolute Gasteiger partial charge is 0.246 e. The zero-order chi connectivity index (χ0) is 16.6. The van der Waals surface area contributed by atoms with E-state index < -0.39 is 0 Å². The Morgan fingerprint density at radius 2 is 2.50 bits per heavy atom. The van der Waals surface area contributed by atoms with Gasteiger partial charge in [-0.1, -0.05) is 5.16 Å². The van der Waals surface area contributed by atoms with Gasteiger partial charge in [0.25, 0.3) is 0 Å². The Morgan fingerprint density at radius 1 is 1.58 bits per heavy atom. The molecule has 0 spiro atoms. The summed E-state index contributed by atoms with van der Waals surface area (Å²) >= 11 is 0. The van der Waals surface area contributed by atoms with Gasteiger partial charge in [-0.3, -0.25) is 9.78 Å². The van der Waals surface area contributed by atoms with Crippen molar-refractivity contribution in [1.29, 1.82) is 0 Å². The molecule has 2 atom stereocenters. The zero-order valence-corrected chi connectivity index (χ0v) is 13.5. The van der Waals surface area contributed by atoms with Crippen LogP contribution in [0.4, 0.5) is 0 Å². The molecule has 2 aliphatic heterocycles. The summed E-state index contributed by atoms with van der Waals surface area (Å²) in [6.07, 6.45) is 3.37. The summed E-state index contributed by atoms with van der Waals surface area (Å²) in [4.78, 5) is 23.3. The van der Waals surface area contributed by atoms with Gasteiger partial charge in [0.2, 0.25) is 17.6 Å². The van der Waals surface area contributed by atoms with Crippen molar-refractivity contribution in [3.63, 3.8) is 0 Å². The number of fused-ring (bicyclic) bond motifs is 1. The second-order valence-corrected chi connectivity index (χ2v) is 6.62. The number of rotatable bonds is 4. The summed E-state index contributed by atoms with van der Waals surface area (Å²) in [5, 5.41) is 10.3. The van der Waals surface area contributed by atoms with Crippen molar-refractivity contribution >= 4 is 5.91 Å². The molecule has 2 aromatic rings. The normalized spacial score (nSPS) is 26.5. The minimum atomic E-state index is -0.346. The van der Waals surface area contributed by atoms with Gasteiger partial charge in [0, 0.05) is 50.1 Å². The molecule has 24 heavy (non-hydrogen) atoms. The van der Waals surface area contributed by atoms with Crippen LogP contribution in [0.2, 0.25) is 0 Å². The molecule has 2 saturated heterocycles. The maximum absolute atomic E-state index is 12.8. The maximum atomic E-state index is 12.8. The number of carbonyl (C=O) groups excluding carboxylic acids is 1. The highest BCUT2D eigenvalue weighted by atomic mass is 16.5. The van der Waals surface area contributed by atoms with E-state index in [0.717, 1.165) is 31.7 Å². The molecule has 0 saturated carbocycles. The van der Waals surface area contributed by atoms with Crippen molar-refractivity contribution in [3.05, 3.63) is 30.4 Å². The van der Waals surface area contributed by atoms with E-state index in [-0.39, 0.29) is 17.9 Å². The van der Waals surface area contributed by atoms with Gasteiger partial charge in [-0.15, -0.1) is 0 Å². The van der Waals surface area contributed by atoms with Gasteiger partial charge in [-0.25, -0.2) is 0 Å². The first-order chi connectivity index (χ1) is 11.7. The molecular weight excluding hydrogens is 308 g/mol. The van der Waals surface area contributed by atoms with Crippen molar-refractivity contribution < 1.29 is 9.32 Å². The molecule has 126 valence electrons. The van der Waals surface area contributed by atoms with Gasteiger partial charge in [0.05, 0.1) is 12.0 Å². The lowest BCUT2D eigenvalue weighted by Gasteiger charge is -2.26. The molecule has 2 aliphatic rings. The third kappa shape index (κ3) is 2.57. The molecule has 2 N–H and O–H groups in total. The monoisotopic (exact) mass is 328 g/mol. The van der Waals surface area contributed by atoms with Crippen LogP contribution in [0.15, 0.2) is 29.0 Å². The number of hydrogen-bond donors (Lipinski definition) is 2. The second-order valence-electron chi connectivity index (χ2n) is 6.62. The molecule has 0 radical (unpaired) electrons. The predicted molar refractivity (Wildman–Crippen MR) is 85.7 cm³/mol.